The molecule has 0 saturated carbocycles. The average molecular weight is 509 g/mol. The van der Waals surface area contributed by atoms with Gasteiger partial charge in [0.05, 0.1) is 6.61 Å². The van der Waals surface area contributed by atoms with Crippen LogP contribution < -0.4 is 15.4 Å². The molecule has 0 spiro atoms. The highest BCUT2D eigenvalue weighted by Gasteiger charge is 2.30. The minimum absolute atomic E-state index is 0.0147. The van der Waals surface area contributed by atoms with Crippen LogP contribution in [-0.4, -0.2) is 56.6 Å². The molecule has 2 aromatic rings. The zero-order valence-electron chi connectivity index (χ0n) is 22.7. The lowest BCUT2D eigenvalue weighted by molar-refractivity contribution is -0.140. The Morgan fingerprint density at radius 2 is 1.89 bits per heavy atom. The van der Waals surface area contributed by atoms with E-state index in [9.17, 15) is 9.59 Å². The van der Waals surface area contributed by atoms with Gasteiger partial charge in [-0.05, 0) is 41.2 Å². The first-order chi connectivity index (χ1) is 17.6. The number of carbonyl (C=O) groups excluding carboxylic acids is 2. The largest absolute Gasteiger partial charge is 0.493 e. The molecule has 8 nitrogen and oxygen atoms in total. The van der Waals surface area contributed by atoms with Crippen molar-refractivity contribution in [3.05, 3.63) is 53.1 Å². The summed E-state index contributed by atoms with van der Waals surface area (Å²) < 4.78 is 11.4. The van der Waals surface area contributed by atoms with Gasteiger partial charge in [-0.2, -0.15) is 0 Å². The Bertz CT molecular complexity index is 1120. The summed E-state index contributed by atoms with van der Waals surface area (Å²) in [6.07, 6.45) is 2.36. The molecule has 3 rings (SSSR count). The van der Waals surface area contributed by atoms with Crippen LogP contribution in [0.5, 0.6) is 5.75 Å². The maximum atomic E-state index is 12.9. The van der Waals surface area contributed by atoms with Gasteiger partial charge in [-0.3, -0.25) is 20.3 Å². The molecule has 37 heavy (non-hydrogen) atoms. The molecular weight excluding hydrogens is 468 g/mol. The van der Waals surface area contributed by atoms with Crippen molar-refractivity contribution in [1.82, 2.24) is 15.5 Å². The molecule has 0 atom stereocenters. The summed E-state index contributed by atoms with van der Waals surface area (Å²) in [5.74, 6) is 0.721. The van der Waals surface area contributed by atoms with Crippen LogP contribution in [0.25, 0.3) is 11.1 Å². The van der Waals surface area contributed by atoms with Crippen LogP contribution in [0.2, 0.25) is 0 Å². The van der Waals surface area contributed by atoms with Crippen LogP contribution >= 0.6 is 0 Å². The Balaban J connectivity index is 1.86. The van der Waals surface area contributed by atoms with Gasteiger partial charge in [0.25, 0.3) is 0 Å². The first kappa shape index (κ1) is 28.2. The van der Waals surface area contributed by atoms with Crippen LogP contribution in [0.4, 0.5) is 0 Å². The lowest BCUT2D eigenvalue weighted by Gasteiger charge is -2.34. The monoisotopic (exact) mass is 508 g/mol. The molecule has 0 fully saturated rings. The lowest BCUT2D eigenvalue weighted by atomic mass is 9.88. The molecule has 1 aliphatic rings. The van der Waals surface area contributed by atoms with E-state index in [2.05, 4.69) is 28.8 Å². The van der Waals surface area contributed by atoms with E-state index in [0.717, 1.165) is 35.3 Å². The molecule has 2 aromatic carbocycles. The number of hydrogen-bond donors (Lipinski definition) is 3. The van der Waals surface area contributed by atoms with Crippen molar-refractivity contribution in [2.75, 3.05) is 33.9 Å². The van der Waals surface area contributed by atoms with Crippen molar-refractivity contribution < 1.29 is 19.1 Å². The minimum atomic E-state index is -0.404. The molecule has 3 N–H and O–H groups in total. The van der Waals surface area contributed by atoms with Gasteiger partial charge in [0.1, 0.15) is 5.75 Å². The van der Waals surface area contributed by atoms with Crippen molar-refractivity contribution in [2.45, 2.75) is 53.0 Å². The molecule has 0 unspecified atom stereocenters. The molecule has 0 bridgehead atoms. The van der Waals surface area contributed by atoms with E-state index in [4.69, 9.17) is 14.9 Å². The summed E-state index contributed by atoms with van der Waals surface area (Å²) in [5, 5.41) is 12.7. The first-order valence-electron chi connectivity index (χ1n) is 12.9. The number of nitrogens with zero attached hydrogens (tertiary/aromatic N) is 1. The maximum absolute atomic E-state index is 12.9. The summed E-state index contributed by atoms with van der Waals surface area (Å²) in [5.41, 5.74) is 5.13. The normalized spacial score (nSPS) is 13.1. The number of methoxy groups -OCH3 is 1. The number of aryl methyl sites for hydroxylation is 1. The Labute approximate surface area is 220 Å². The molecule has 0 radical (unpaired) electrons. The van der Waals surface area contributed by atoms with Gasteiger partial charge in [0.2, 0.25) is 11.8 Å². The SMILES string of the molecule is CNC(=N)NC(=O)CCc1ccc(-c2cccc3c2CCN(C(=O)C(C)(C)C)C3)c(OCCCOC)c1. The summed E-state index contributed by atoms with van der Waals surface area (Å²) >= 11 is 0. The highest BCUT2D eigenvalue weighted by Crippen LogP contribution is 2.37. The average Bonchev–Trinajstić information content (AvgIpc) is 2.88. The zero-order chi connectivity index (χ0) is 27.0. The van der Waals surface area contributed by atoms with E-state index in [1.807, 2.05) is 43.9 Å². The number of rotatable bonds is 9. The molecule has 0 saturated heterocycles. The topological polar surface area (TPSA) is 104 Å². The quantitative estimate of drug-likeness (QED) is 0.271. The molecule has 200 valence electrons. The third kappa shape index (κ3) is 7.55. The van der Waals surface area contributed by atoms with Crippen LogP contribution in [0.15, 0.2) is 36.4 Å². The number of nitrogens with one attached hydrogen (secondary N) is 3. The fourth-order valence-corrected chi connectivity index (χ4v) is 4.48. The standard InChI is InChI=1S/C29H40N4O4/c1-29(2,3)27(35)33-15-14-22-21(19-33)8-6-9-23(22)24-12-10-20(11-13-26(34)32-28(30)31-4)18-25(24)37-17-7-16-36-5/h6,8-10,12,18H,7,11,13-17,19H2,1-5H3,(H3,30,31,32,34). The van der Waals surface area contributed by atoms with Crippen molar-refractivity contribution >= 4 is 17.8 Å². The second-order valence-electron chi connectivity index (χ2n) is 10.4. The Kier molecular flexibility index (Phi) is 9.69. The van der Waals surface area contributed by atoms with Crippen molar-refractivity contribution in [3.63, 3.8) is 0 Å². The van der Waals surface area contributed by atoms with Gasteiger partial charge < -0.3 is 19.7 Å². The van der Waals surface area contributed by atoms with Gasteiger partial charge in [0.15, 0.2) is 5.96 Å². The molecular formula is C29H40N4O4. The Morgan fingerprint density at radius 3 is 2.59 bits per heavy atom. The van der Waals surface area contributed by atoms with E-state index >= 15 is 0 Å². The third-order valence-corrected chi connectivity index (χ3v) is 6.44. The van der Waals surface area contributed by atoms with Crippen molar-refractivity contribution in [3.8, 4) is 16.9 Å². The fourth-order valence-electron chi connectivity index (χ4n) is 4.48. The van der Waals surface area contributed by atoms with Gasteiger partial charge in [-0.15, -0.1) is 0 Å². The van der Waals surface area contributed by atoms with Gasteiger partial charge >= 0.3 is 0 Å². The maximum Gasteiger partial charge on any atom is 0.228 e. The number of guanidine groups is 1. The Morgan fingerprint density at radius 1 is 1.11 bits per heavy atom. The predicted molar refractivity (Wildman–Crippen MR) is 146 cm³/mol. The molecule has 8 heteroatoms. The highest BCUT2D eigenvalue weighted by atomic mass is 16.5. The van der Waals surface area contributed by atoms with Gasteiger partial charge in [-0.1, -0.05) is 51.1 Å². The van der Waals surface area contributed by atoms with Gasteiger partial charge in [0, 0.05) is 57.7 Å². The highest BCUT2D eigenvalue weighted by molar-refractivity contribution is 5.95. The van der Waals surface area contributed by atoms with Crippen molar-refractivity contribution in [1.29, 1.82) is 5.41 Å². The summed E-state index contributed by atoms with van der Waals surface area (Å²) in [6.45, 7) is 8.33. The third-order valence-electron chi connectivity index (χ3n) is 6.44. The molecule has 2 amide bonds. The van der Waals surface area contributed by atoms with E-state index < -0.39 is 5.41 Å². The van der Waals surface area contributed by atoms with Crippen LogP contribution in [-0.2, 0) is 33.7 Å². The van der Waals surface area contributed by atoms with Gasteiger partial charge in [-0.25, -0.2) is 0 Å². The van der Waals surface area contributed by atoms with Crippen LogP contribution in [0.1, 0.15) is 50.3 Å². The Hall–Kier alpha value is -3.39. The fraction of sp³-hybridized carbons (Fsp3) is 0.483. The molecule has 1 heterocycles. The van der Waals surface area contributed by atoms with E-state index in [1.54, 1.807) is 14.2 Å². The first-order valence-corrected chi connectivity index (χ1v) is 12.9. The number of fused-ring (bicyclic) bond motifs is 1. The number of ether oxygens (including phenoxy) is 2. The summed E-state index contributed by atoms with van der Waals surface area (Å²) in [6, 6.07) is 12.4. The second-order valence-corrected chi connectivity index (χ2v) is 10.4. The molecule has 0 aromatic heterocycles. The minimum Gasteiger partial charge on any atom is -0.493 e. The lowest BCUT2D eigenvalue weighted by Crippen LogP contribution is -2.42. The number of carbonyl (C=O) groups is 2. The second kappa shape index (κ2) is 12.7. The molecule has 1 aliphatic heterocycles. The predicted octanol–water partition coefficient (Wildman–Crippen LogP) is 3.90. The van der Waals surface area contributed by atoms with E-state index in [0.29, 0.717) is 32.7 Å². The summed E-state index contributed by atoms with van der Waals surface area (Å²) in [4.78, 5) is 27.0. The summed E-state index contributed by atoms with van der Waals surface area (Å²) in [7, 11) is 3.27. The zero-order valence-corrected chi connectivity index (χ0v) is 22.7. The smallest absolute Gasteiger partial charge is 0.228 e. The number of hydrogen-bond acceptors (Lipinski definition) is 5. The van der Waals surface area contributed by atoms with Crippen molar-refractivity contribution in [2.24, 2.45) is 5.41 Å². The molecule has 0 aliphatic carbocycles. The van der Waals surface area contributed by atoms with E-state index in [1.165, 1.54) is 11.1 Å². The number of benzene rings is 2. The van der Waals surface area contributed by atoms with Crippen LogP contribution in [0, 0.1) is 10.8 Å². The van der Waals surface area contributed by atoms with E-state index in [-0.39, 0.29) is 24.2 Å². The number of amides is 2. The van der Waals surface area contributed by atoms with Crippen LogP contribution in [0.3, 0.4) is 0 Å².